The predicted molar refractivity (Wildman–Crippen MR) is 89.7 cm³/mol. The molecule has 0 saturated heterocycles. The predicted octanol–water partition coefficient (Wildman–Crippen LogP) is 2.71. The highest BCUT2D eigenvalue weighted by atomic mass is 32.2. The average molecular weight is 351 g/mol. The monoisotopic (exact) mass is 351 g/mol. The Bertz CT molecular complexity index is 863. The first-order valence-electron chi connectivity index (χ1n) is 7.05. The lowest BCUT2D eigenvalue weighted by atomic mass is 10.1. The summed E-state index contributed by atoms with van der Waals surface area (Å²) in [6.07, 6.45) is 1.32. The Morgan fingerprint density at radius 3 is 2.38 bits per heavy atom. The van der Waals surface area contributed by atoms with Crippen LogP contribution in [-0.2, 0) is 16.3 Å². The van der Waals surface area contributed by atoms with Gasteiger partial charge in [-0.3, -0.25) is 10.1 Å². The Morgan fingerprint density at radius 2 is 1.92 bits per heavy atom. The average Bonchev–Trinajstić information content (AvgIpc) is 2.53. The van der Waals surface area contributed by atoms with Gasteiger partial charge in [0.05, 0.1) is 12.0 Å². The summed E-state index contributed by atoms with van der Waals surface area (Å²) in [5, 5.41) is 14.0. The van der Waals surface area contributed by atoms with E-state index in [-0.39, 0.29) is 16.5 Å². The van der Waals surface area contributed by atoms with Crippen molar-refractivity contribution in [3.8, 4) is 5.75 Å². The van der Waals surface area contributed by atoms with Crippen molar-refractivity contribution in [1.82, 2.24) is 4.98 Å². The number of ether oxygens (including phenoxy) is 1. The van der Waals surface area contributed by atoms with Crippen molar-refractivity contribution < 1.29 is 18.1 Å². The lowest BCUT2D eigenvalue weighted by Gasteiger charge is -2.11. The molecule has 9 heteroatoms. The number of rotatable bonds is 6. The Labute approximate surface area is 139 Å². The summed E-state index contributed by atoms with van der Waals surface area (Å²) in [6.45, 7) is 1.71. The Morgan fingerprint density at radius 1 is 1.29 bits per heavy atom. The van der Waals surface area contributed by atoms with Crippen molar-refractivity contribution in [3.63, 3.8) is 0 Å². The number of nitrogens with zero attached hydrogens (tertiary/aromatic N) is 2. The molecule has 0 atom stereocenters. The van der Waals surface area contributed by atoms with Crippen LogP contribution in [0.25, 0.3) is 0 Å². The second kappa shape index (κ2) is 6.83. The maximum absolute atomic E-state index is 11.8. The molecule has 0 fully saturated rings. The second-order valence-corrected chi connectivity index (χ2v) is 7.02. The van der Waals surface area contributed by atoms with Crippen LogP contribution in [0.5, 0.6) is 5.75 Å². The number of methoxy groups -OCH3 is 1. The minimum atomic E-state index is -3.60. The second-order valence-electron chi connectivity index (χ2n) is 5.05. The minimum absolute atomic E-state index is 0.107. The van der Waals surface area contributed by atoms with Gasteiger partial charge >= 0.3 is 5.69 Å². The zero-order valence-electron chi connectivity index (χ0n) is 13.4. The third-order valence-corrected chi connectivity index (χ3v) is 4.31. The minimum Gasteiger partial charge on any atom is -0.497 e. The molecule has 2 aromatic rings. The Balaban J connectivity index is 2.58. The highest BCUT2D eigenvalue weighted by molar-refractivity contribution is 7.90. The van der Waals surface area contributed by atoms with Gasteiger partial charge in [-0.2, -0.15) is 0 Å². The van der Waals surface area contributed by atoms with E-state index >= 15 is 0 Å². The van der Waals surface area contributed by atoms with Gasteiger partial charge in [0.25, 0.3) is 0 Å². The molecule has 0 aliphatic heterocycles. The zero-order valence-corrected chi connectivity index (χ0v) is 14.3. The first-order chi connectivity index (χ1) is 11.3. The van der Waals surface area contributed by atoms with Crippen molar-refractivity contribution >= 4 is 27.0 Å². The molecule has 8 nitrogen and oxygen atoms in total. The van der Waals surface area contributed by atoms with Gasteiger partial charge in [0.1, 0.15) is 5.75 Å². The zero-order chi connectivity index (χ0) is 17.9. The van der Waals surface area contributed by atoms with E-state index < -0.39 is 14.8 Å². The molecule has 1 aromatic heterocycles. The summed E-state index contributed by atoms with van der Waals surface area (Å²) in [5.74, 6) is 0.520. The van der Waals surface area contributed by atoms with E-state index in [1.54, 1.807) is 31.2 Å². The highest BCUT2D eigenvalue weighted by Crippen LogP contribution is 2.32. The molecule has 24 heavy (non-hydrogen) atoms. The molecule has 1 heterocycles. The molecule has 0 unspecified atom stereocenters. The maximum atomic E-state index is 11.8. The van der Waals surface area contributed by atoms with E-state index in [0.29, 0.717) is 23.4 Å². The van der Waals surface area contributed by atoms with Crippen molar-refractivity contribution in [2.75, 3.05) is 18.7 Å². The van der Waals surface area contributed by atoms with E-state index in [1.807, 2.05) is 0 Å². The van der Waals surface area contributed by atoms with E-state index in [9.17, 15) is 18.5 Å². The van der Waals surface area contributed by atoms with Gasteiger partial charge in [0.2, 0.25) is 5.82 Å². The van der Waals surface area contributed by atoms with Gasteiger partial charge in [-0.05, 0) is 36.8 Å². The van der Waals surface area contributed by atoms with Crippen molar-refractivity contribution in [2.24, 2.45) is 0 Å². The lowest BCUT2D eigenvalue weighted by Crippen LogP contribution is -2.09. The number of pyridine rings is 1. The van der Waals surface area contributed by atoms with Crippen LogP contribution in [0.1, 0.15) is 12.5 Å². The molecule has 1 aromatic carbocycles. The fourth-order valence-electron chi connectivity index (χ4n) is 2.13. The normalized spacial score (nSPS) is 11.1. The largest absolute Gasteiger partial charge is 0.497 e. The third kappa shape index (κ3) is 3.80. The van der Waals surface area contributed by atoms with Gasteiger partial charge in [0.15, 0.2) is 14.9 Å². The van der Waals surface area contributed by atoms with Crippen molar-refractivity contribution in [1.29, 1.82) is 0 Å². The van der Waals surface area contributed by atoms with Crippen LogP contribution >= 0.6 is 0 Å². The summed E-state index contributed by atoms with van der Waals surface area (Å²) in [7, 11) is -2.07. The van der Waals surface area contributed by atoms with Gasteiger partial charge in [-0.15, -0.1) is 0 Å². The molecular weight excluding hydrogens is 334 g/mol. The van der Waals surface area contributed by atoms with Gasteiger partial charge < -0.3 is 10.1 Å². The molecular formula is C15H17N3O5S. The number of nitro groups is 1. The van der Waals surface area contributed by atoms with Crippen LogP contribution in [-0.4, -0.2) is 31.7 Å². The number of benzene rings is 1. The van der Waals surface area contributed by atoms with Gasteiger partial charge in [-0.1, -0.05) is 6.92 Å². The maximum Gasteiger partial charge on any atom is 0.314 e. The summed E-state index contributed by atoms with van der Waals surface area (Å²) in [5.41, 5.74) is 0.589. The summed E-state index contributed by atoms with van der Waals surface area (Å²) in [4.78, 5) is 14.8. The standard InChI is InChI=1S/C15H17N3O5S/c1-4-10-9-13(24(3,21)22)17-15(14(10)18(19)20)16-11-5-7-12(23-2)8-6-11/h5-9H,4H2,1-3H3,(H,16,17). The number of aryl methyl sites for hydroxylation is 1. The molecule has 0 spiro atoms. The lowest BCUT2D eigenvalue weighted by molar-refractivity contribution is -0.384. The molecule has 0 aliphatic carbocycles. The number of aromatic nitrogens is 1. The molecule has 0 aliphatic rings. The van der Waals surface area contributed by atoms with Crippen LogP contribution in [0.3, 0.4) is 0 Å². The van der Waals surface area contributed by atoms with Crippen molar-refractivity contribution in [2.45, 2.75) is 18.4 Å². The van der Waals surface area contributed by atoms with Crippen LogP contribution < -0.4 is 10.1 Å². The van der Waals surface area contributed by atoms with Gasteiger partial charge in [0, 0.05) is 17.5 Å². The van der Waals surface area contributed by atoms with E-state index in [2.05, 4.69) is 10.3 Å². The molecule has 0 saturated carbocycles. The molecule has 0 radical (unpaired) electrons. The molecule has 1 N–H and O–H groups in total. The SMILES string of the molecule is CCc1cc(S(C)(=O)=O)nc(Nc2ccc(OC)cc2)c1[N+](=O)[O-]. The van der Waals surface area contributed by atoms with E-state index in [0.717, 1.165) is 6.26 Å². The third-order valence-electron chi connectivity index (χ3n) is 3.34. The van der Waals surface area contributed by atoms with E-state index in [4.69, 9.17) is 4.74 Å². The highest BCUT2D eigenvalue weighted by Gasteiger charge is 2.25. The fourth-order valence-corrected chi connectivity index (χ4v) is 2.74. The fraction of sp³-hybridized carbons (Fsp3) is 0.267. The molecule has 0 amide bonds. The van der Waals surface area contributed by atoms with Crippen LogP contribution in [0.15, 0.2) is 35.4 Å². The number of anilines is 2. The van der Waals surface area contributed by atoms with Crippen LogP contribution in [0.2, 0.25) is 0 Å². The number of hydrogen-bond donors (Lipinski definition) is 1. The molecule has 0 bridgehead atoms. The number of hydrogen-bond acceptors (Lipinski definition) is 7. The Hall–Kier alpha value is -2.68. The quantitative estimate of drug-likeness (QED) is 0.629. The first kappa shape index (κ1) is 17.7. The van der Waals surface area contributed by atoms with Crippen molar-refractivity contribution in [3.05, 3.63) is 46.0 Å². The first-order valence-corrected chi connectivity index (χ1v) is 8.94. The topological polar surface area (TPSA) is 111 Å². The smallest absolute Gasteiger partial charge is 0.314 e. The summed E-state index contributed by atoms with van der Waals surface area (Å²) >= 11 is 0. The van der Waals surface area contributed by atoms with Gasteiger partial charge in [-0.25, -0.2) is 13.4 Å². The molecule has 128 valence electrons. The molecule has 2 rings (SSSR count). The summed E-state index contributed by atoms with van der Waals surface area (Å²) < 4.78 is 28.6. The Kier molecular flexibility index (Phi) is 5.03. The summed E-state index contributed by atoms with van der Waals surface area (Å²) in [6, 6.07) is 7.91. The number of nitrogens with one attached hydrogen (secondary N) is 1. The number of sulfone groups is 1. The van der Waals surface area contributed by atoms with E-state index in [1.165, 1.54) is 13.2 Å². The van der Waals surface area contributed by atoms with Crippen LogP contribution in [0.4, 0.5) is 17.2 Å². The van der Waals surface area contributed by atoms with Crippen LogP contribution in [0, 0.1) is 10.1 Å².